The standard InChI is InChI=1S/C7H8Cl2F4O3/c1-6(4(10)11,15-3-2-8)16-5(14)7(9,12)13/h4H,2-3H2,1H3. The lowest BCUT2D eigenvalue weighted by atomic mass is 10.3. The highest BCUT2D eigenvalue weighted by Gasteiger charge is 2.47. The number of hydrogen-bond donors (Lipinski definition) is 0. The number of hydrogen-bond acceptors (Lipinski definition) is 3. The fourth-order valence-corrected chi connectivity index (χ4v) is 0.736. The summed E-state index contributed by atoms with van der Waals surface area (Å²) < 4.78 is 57.4. The summed E-state index contributed by atoms with van der Waals surface area (Å²) >= 11 is 9.45. The van der Waals surface area contributed by atoms with Crippen LogP contribution in [0.25, 0.3) is 0 Å². The highest BCUT2D eigenvalue weighted by molar-refractivity contribution is 6.31. The molecule has 3 nitrogen and oxygen atoms in total. The smallest absolute Gasteiger partial charge is 0.418 e. The zero-order valence-electron chi connectivity index (χ0n) is 7.98. The molecule has 0 rings (SSSR count). The Labute approximate surface area is 98.6 Å². The van der Waals surface area contributed by atoms with E-state index in [1.54, 1.807) is 0 Å². The molecule has 0 aliphatic carbocycles. The molecule has 0 aliphatic heterocycles. The quantitative estimate of drug-likeness (QED) is 0.326. The Bertz CT molecular complexity index is 246. The molecule has 0 bridgehead atoms. The minimum absolute atomic E-state index is 0.170. The number of alkyl halides is 6. The Morgan fingerprint density at radius 1 is 1.44 bits per heavy atom. The lowest BCUT2D eigenvalue weighted by molar-refractivity contribution is -0.276. The van der Waals surface area contributed by atoms with Gasteiger partial charge in [-0.25, -0.2) is 13.6 Å². The number of carbonyl (C=O) groups excluding carboxylic acids is 1. The molecule has 0 amide bonds. The van der Waals surface area contributed by atoms with Gasteiger partial charge in [-0.05, 0) is 11.6 Å². The highest BCUT2D eigenvalue weighted by Crippen LogP contribution is 2.28. The molecule has 1 atom stereocenters. The van der Waals surface area contributed by atoms with E-state index in [-0.39, 0.29) is 5.88 Å². The van der Waals surface area contributed by atoms with Crippen molar-refractivity contribution < 1.29 is 31.8 Å². The van der Waals surface area contributed by atoms with Gasteiger partial charge in [0.2, 0.25) is 0 Å². The average molecular weight is 287 g/mol. The van der Waals surface area contributed by atoms with Crippen LogP contribution in [0.3, 0.4) is 0 Å². The molecule has 0 heterocycles. The van der Waals surface area contributed by atoms with Gasteiger partial charge < -0.3 is 9.47 Å². The summed E-state index contributed by atoms with van der Waals surface area (Å²) in [5, 5.41) is -4.39. The van der Waals surface area contributed by atoms with Crippen molar-refractivity contribution in [3.8, 4) is 0 Å². The van der Waals surface area contributed by atoms with Crippen LogP contribution >= 0.6 is 23.2 Å². The summed E-state index contributed by atoms with van der Waals surface area (Å²) in [6.45, 7) is 0.230. The molecule has 0 aromatic heterocycles. The van der Waals surface area contributed by atoms with Crippen LogP contribution in [0.15, 0.2) is 0 Å². The van der Waals surface area contributed by atoms with Crippen LogP contribution in [0.5, 0.6) is 0 Å². The van der Waals surface area contributed by atoms with Crippen molar-refractivity contribution in [2.75, 3.05) is 12.5 Å². The summed E-state index contributed by atoms with van der Waals surface area (Å²) in [6.07, 6.45) is -3.32. The minimum Gasteiger partial charge on any atom is -0.422 e. The first-order valence-electron chi connectivity index (χ1n) is 3.91. The van der Waals surface area contributed by atoms with Crippen LogP contribution in [0.4, 0.5) is 17.6 Å². The Kier molecular flexibility index (Phi) is 5.78. The van der Waals surface area contributed by atoms with Crippen LogP contribution in [0.2, 0.25) is 0 Å². The molecule has 0 fully saturated rings. The number of halogens is 6. The number of esters is 1. The van der Waals surface area contributed by atoms with Crippen molar-refractivity contribution in [1.29, 1.82) is 0 Å². The Morgan fingerprint density at radius 3 is 2.25 bits per heavy atom. The van der Waals surface area contributed by atoms with Gasteiger partial charge in [0.1, 0.15) is 0 Å². The summed E-state index contributed by atoms with van der Waals surface area (Å²) in [4.78, 5) is 10.6. The summed E-state index contributed by atoms with van der Waals surface area (Å²) in [5.41, 5.74) is 0. The van der Waals surface area contributed by atoms with Crippen LogP contribution < -0.4 is 0 Å². The van der Waals surface area contributed by atoms with E-state index >= 15 is 0 Å². The van der Waals surface area contributed by atoms with E-state index in [1.165, 1.54) is 0 Å². The number of ether oxygens (including phenoxy) is 2. The van der Waals surface area contributed by atoms with Crippen molar-refractivity contribution in [2.24, 2.45) is 0 Å². The molecule has 0 aliphatic rings. The highest BCUT2D eigenvalue weighted by atomic mass is 35.5. The zero-order valence-corrected chi connectivity index (χ0v) is 9.50. The van der Waals surface area contributed by atoms with Gasteiger partial charge in [-0.2, -0.15) is 8.78 Å². The average Bonchev–Trinajstić information content (AvgIpc) is 2.13. The summed E-state index contributed by atoms with van der Waals surface area (Å²) in [6, 6.07) is 0. The second-order valence-electron chi connectivity index (χ2n) is 2.74. The van der Waals surface area contributed by atoms with Gasteiger partial charge >= 0.3 is 17.8 Å². The zero-order chi connectivity index (χ0) is 13.0. The van der Waals surface area contributed by atoms with Gasteiger partial charge in [0.05, 0.1) is 6.61 Å². The molecule has 0 saturated heterocycles. The molecule has 16 heavy (non-hydrogen) atoms. The maximum atomic E-state index is 12.4. The van der Waals surface area contributed by atoms with Crippen LogP contribution in [-0.2, 0) is 14.3 Å². The van der Waals surface area contributed by atoms with Crippen LogP contribution in [-0.4, -0.2) is 36.1 Å². The number of carbonyl (C=O) groups is 1. The predicted octanol–water partition coefficient (Wildman–Crippen LogP) is 2.60. The second kappa shape index (κ2) is 5.88. The third kappa shape index (κ3) is 4.71. The molecule has 1 unspecified atom stereocenters. The van der Waals surface area contributed by atoms with E-state index in [4.69, 9.17) is 11.6 Å². The molecule has 0 spiro atoms. The van der Waals surface area contributed by atoms with Crippen molar-refractivity contribution in [2.45, 2.75) is 24.5 Å². The molecule has 0 radical (unpaired) electrons. The van der Waals surface area contributed by atoms with Gasteiger partial charge in [0, 0.05) is 12.8 Å². The first kappa shape index (κ1) is 15.7. The summed E-state index contributed by atoms with van der Waals surface area (Å²) in [7, 11) is 0. The van der Waals surface area contributed by atoms with E-state index in [1.807, 2.05) is 0 Å². The first-order chi connectivity index (χ1) is 7.13. The van der Waals surface area contributed by atoms with Gasteiger partial charge in [-0.1, -0.05) is 0 Å². The third-order valence-corrected chi connectivity index (χ3v) is 1.70. The minimum atomic E-state index is -4.39. The molecule has 0 aromatic rings. The van der Waals surface area contributed by atoms with Crippen LogP contribution in [0, 0.1) is 0 Å². The molecular weight excluding hydrogens is 279 g/mol. The molecule has 0 aromatic carbocycles. The van der Waals surface area contributed by atoms with Gasteiger partial charge in [-0.3, -0.25) is 0 Å². The second-order valence-corrected chi connectivity index (χ2v) is 3.59. The predicted molar refractivity (Wildman–Crippen MR) is 48.0 cm³/mol. The van der Waals surface area contributed by atoms with Crippen LogP contribution in [0.1, 0.15) is 6.92 Å². The van der Waals surface area contributed by atoms with Crippen molar-refractivity contribution in [1.82, 2.24) is 0 Å². The van der Waals surface area contributed by atoms with Gasteiger partial charge in [0.25, 0.3) is 5.79 Å². The lowest BCUT2D eigenvalue weighted by Crippen LogP contribution is -2.45. The molecule has 96 valence electrons. The Balaban J connectivity index is 4.62. The largest absolute Gasteiger partial charge is 0.422 e. The Hall–Kier alpha value is -0.270. The van der Waals surface area contributed by atoms with E-state index in [0.717, 1.165) is 0 Å². The fourth-order valence-electron chi connectivity index (χ4n) is 0.620. The van der Waals surface area contributed by atoms with Gasteiger partial charge in [-0.15, -0.1) is 11.6 Å². The molecular formula is C7H8Cl2F4O3. The maximum Gasteiger partial charge on any atom is 0.418 e. The maximum absolute atomic E-state index is 12.4. The lowest BCUT2D eigenvalue weighted by Gasteiger charge is -2.28. The van der Waals surface area contributed by atoms with E-state index in [2.05, 4.69) is 21.1 Å². The number of rotatable bonds is 6. The summed E-state index contributed by atoms with van der Waals surface area (Å²) in [5.74, 6) is -5.28. The molecule has 0 saturated carbocycles. The van der Waals surface area contributed by atoms with Crippen molar-refractivity contribution in [3.63, 3.8) is 0 Å². The van der Waals surface area contributed by atoms with E-state index in [9.17, 15) is 22.4 Å². The fraction of sp³-hybridized carbons (Fsp3) is 0.857. The topological polar surface area (TPSA) is 35.5 Å². The van der Waals surface area contributed by atoms with Gasteiger partial charge in [0.15, 0.2) is 0 Å². The molecule has 0 N–H and O–H groups in total. The van der Waals surface area contributed by atoms with Crippen molar-refractivity contribution in [3.05, 3.63) is 0 Å². The monoisotopic (exact) mass is 286 g/mol. The molecule has 9 heteroatoms. The van der Waals surface area contributed by atoms with E-state index < -0.39 is 30.2 Å². The van der Waals surface area contributed by atoms with E-state index in [0.29, 0.717) is 6.92 Å². The Morgan fingerprint density at radius 2 is 1.94 bits per heavy atom. The first-order valence-corrected chi connectivity index (χ1v) is 4.83. The third-order valence-electron chi connectivity index (χ3n) is 1.39. The SMILES string of the molecule is CC(OCCCl)(OC(=O)C(F)(F)Cl)C(F)F. The van der Waals surface area contributed by atoms with Crippen molar-refractivity contribution >= 4 is 29.2 Å². The normalized spacial score (nSPS) is 16.0.